The van der Waals surface area contributed by atoms with E-state index in [1.165, 1.54) is 5.56 Å². The molecule has 0 spiro atoms. The van der Waals surface area contributed by atoms with E-state index in [0.29, 0.717) is 12.3 Å². The van der Waals surface area contributed by atoms with Gasteiger partial charge in [0, 0.05) is 0 Å². The van der Waals surface area contributed by atoms with Gasteiger partial charge in [-0.3, -0.25) is 4.79 Å². The molecule has 1 rings (SSSR count). The lowest BCUT2D eigenvalue weighted by Gasteiger charge is -2.16. The molecule has 1 aromatic carbocycles. The minimum absolute atomic E-state index is 0.419. The molecule has 88 valence electrons. The lowest BCUT2D eigenvalue weighted by molar-refractivity contribution is -0.139. The molecule has 0 bridgehead atoms. The van der Waals surface area contributed by atoms with Gasteiger partial charge in [-0.1, -0.05) is 38.1 Å². The van der Waals surface area contributed by atoms with Crippen molar-refractivity contribution >= 4 is 5.97 Å². The van der Waals surface area contributed by atoms with Crippen molar-refractivity contribution in [3.8, 4) is 0 Å². The quantitative estimate of drug-likeness (QED) is 0.799. The number of hydrogen-bond acceptors (Lipinski definition) is 2. The van der Waals surface area contributed by atoms with E-state index in [-0.39, 0.29) is 0 Å². The fourth-order valence-electron chi connectivity index (χ4n) is 1.82. The molecule has 1 unspecified atom stereocenters. The lowest BCUT2D eigenvalue weighted by Crippen LogP contribution is -2.36. The highest BCUT2D eigenvalue weighted by Crippen LogP contribution is 2.20. The summed E-state index contributed by atoms with van der Waals surface area (Å²) >= 11 is 0. The Morgan fingerprint density at radius 2 is 2.00 bits per heavy atom. The zero-order valence-electron chi connectivity index (χ0n) is 10.0. The second-order valence-electron chi connectivity index (χ2n) is 4.24. The molecule has 1 atom stereocenters. The summed E-state index contributed by atoms with van der Waals surface area (Å²) in [5.41, 5.74) is 2.34. The first kappa shape index (κ1) is 12.7. The normalized spacial score (nSPS) is 12.8. The van der Waals surface area contributed by atoms with Crippen molar-refractivity contribution in [1.29, 1.82) is 0 Å². The average molecular weight is 221 g/mol. The Morgan fingerprint density at radius 3 is 2.50 bits per heavy atom. The first-order valence-electron chi connectivity index (χ1n) is 5.54. The van der Waals surface area contributed by atoms with Gasteiger partial charge in [-0.25, -0.2) is 0 Å². The molecule has 3 heteroatoms. The zero-order valence-corrected chi connectivity index (χ0v) is 10.0. The van der Waals surface area contributed by atoms with Gasteiger partial charge >= 0.3 is 5.97 Å². The van der Waals surface area contributed by atoms with Crippen LogP contribution in [0.2, 0.25) is 0 Å². The summed E-state index contributed by atoms with van der Waals surface area (Å²) < 4.78 is 0. The van der Waals surface area contributed by atoms with Gasteiger partial charge in [-0.05, 0) is 30.5 Å². The van der Waals surface area contributed by atoms with Crippen molar-refractivity contribution in [2.75, 3.05) is 7.05 Å². The summed E-state index contributed by atoms with van der Waals surface area (Å²) in [6.07, 6.45) is 0.528. The van der Waals surface area contributed by atoms with E-state index in [9.17, 15) is 4.79 Å². The number of hydrogen-bond donors (Lipinski definition) is 2. The van der Waals surface area contributed by atoms with Crippen LogP contribution in [0.25, 0.3) is 0 Å². The van der Waals surface area contributed by atoms with Crippen LogP contribution >= 0.6 is 0 Å². The van der Waals surface area contributed by atoms with Gasteiger partial charge in [0.15, 0.2) is 0 Å². The van der Waals surface area contributed by atoms with Crippen molar-refractivity contribution in [3.63, 3.8) is 0 Å². The van der Waals surface area contributed by atoms with Gasteiger partial charge in [0.1, 0.15) is 6.04 Å². The second-order valence-corrected chi connectivity index (χ2v) is 4.24. The van der Waals surface area contributed by atoms with Crippen molar-refractivity contribution in [2.24, 2.45) is 0 Å². The molecule has 0 aliphatic heterocycles. The van der Waals surface area contributed by atoms with Gasteiger partial charge in [-0.15, -0.1) is 0 Å². The van der Waals surface area contributed by atoms with Gasteiger partial charge in [0.2, 0.25) is 0 Å². The van der Waals surface area contributed by atoms with E-state index in [0.717, 1.165) is 5.56 Å². The fraction of sp³-hybridized carbons (Fsp3) is 0.462. The predicted octanol–water partition coefficient (Wildman–Crippen LogP) is 2.03. The molecule has 0 heterocycles. The lowest BCUT2D eigenvalue weighted by atomic mass is 9.93. The van der Waals surface area contributed by atoms with E-state index >= 15 is 0 Å². The topological polar surface area (TPSA) is 49.3 Å². The zero-order chi connectivity index (χ0) is 12.1. The molecular formula is C13H19NO2. The molecule has 16 heavy (non-hydrogen) atoms. The number of carboxylic acid groups (broad SMARTS) is 1. The number of aliphatic carboxylic acids is 1. The number of carbonyl (C=O) groups is 1. The van der Waals surface area contributed by atoms with Gasteiger partial charge in [0.25, 0.3) is 0 Å². The number of carboxylic acids is 1. The second kappa shape index (κ2) is 5.66. The van der Waals surface area contributed by atoms with Crippen LogP contribution in [-0.4, -0.2) is 24.2 Å². The summed E-state index contributed by atoms with van der Waals surface area (Å²) in [4.78, 5) is 11.0. The van der Waals surface area contributed by atoms with Crippen LogP contribution < -0.4 is 5.32 Å². The molecular weight excluding hydrogens is 202 g/mol. The highest BCUT2D eigenvalue weighted by Gasteiger charge is 2.17. The third kappa shape index (κ3) is 3.07. The van der Waals surface area contributed by atoms with E-state index in [4.69, 9.17) is 5.11 Å². The molecule has 0 fully saturated rings. The Kier molecular flexibility index (Phi) is 4.50. The standard InChI is InChI=1S/C13H19NO2/c1-9(2)11-7-5-4-6-10(11)8-12(14-3)13(15)16/h4-7,9,12,14H,8H2,1-3H3,(H,15,16). The Bertz CT molecular complexity index is 361. The van der Waals surface area contributed by atoms with Crippen LogP contribution in [0.5, 0.6) is 0 Å². The van der Waals surface area contributed by atoms with E-state index in [1.54, 1.807) is 7.05 Å². The molecule has 0 amide bonds. The predicted molar refractivity (Wildman–Crippen MR) is 64.7 cm³/mol. The summed E-state index contributed by atoms with van der Waals surface area (Å²) in [6, 6.07) is 7.50. The summed E-state index contributed by atoms with van der Waals surface area (Å²) in [5, 5.41) is 11.8. The highest BCUT2D eigenvalue weighted by molar-refractivity contribution is 5.74. The molecule has 1 aromatic rings. The Morgan fingerprint density at radius 1 is 1.38 bits per heavy atom. The van der Waals surface area contributed by atoms with Crippen molar-refractivity contribution in [3.05, 3.63) is 35.4 Å². The van der Waals surface area contributed by atoms with Crippen LogP contribution in [0.1, 0.15) is 30.9 Å². The van der Waals surface area contributed by atoms with Crippen LogP contribution in [0.3, 0.4) is 0 Å². The van der Waals surface area contributed by atoms with Gasteiger partial charge in [0.05, 0.1) is 0 Å². The Labute approximate surface area is 96.5 Å². The molecule has 0 aromatic heterocycles. The van der Waals surface area contributed by atoms with Crippen molar-refractivity contribution < 1.29 is 9.90 Å². The number of rotatable bonds is 5. The molecule has 0 radical (unpaired) electrons. The number of benzene rings is 1. The van der Waals surface area contributed by atoms with Crippen LogP contribution in [0.15, 0.2) is 24.3 Å². The average Bonchev–Trinajstić information content (AvgIpc) is 2.25. The van der Waals surface area contributed by atoms with Crippen molar-refractivity contribution in [2.45, 2.75) is 32.2 Å². The fourth-order valence-corrected chi connectivity index (χ4v) is 1.82. The number of nitrogens with one attached hydrogen (secondary N) is 1. The van der Waals surface area contributed by atoms with Crippen LogP contribution in [0, 0.1) is 0 Å². The molecule has 2 N–H and O–H groups in total. The van der Waals surface area contributed by atoms with Crippen LogP contribution in [-0.2, 0) is 11.2 Å². The third-order valence-electron chi connectivity index (χ3n) is 2.75. The molecule has 3 nitrogen and oxygen atoms in total. The SMILES string of the molecule is CNC(Cc1ccccc1C(C)C)C(=O)O. The van der Waals surface area contributed by atoms with E-state index in [1.807, 2.05) is 18.2 Å². The number of likely N-dealkylation sites (N-methyl/N-ethyl adjacent to an activating group) is 1. The summed E-state index contributed by atoms with van der Waals surface area (Å²) in [6.45, 7) is 4.24. The largest absolute Gasteiger partial charge is 0.480 e. The first-order chi connectivity index (χ1) is 7.56. The monoisotopic (exact) mass is 221 g/mol. The Balaban J connectivity index is 2.91. The Hall–Kier alpha value is -1.35. The minimum atomic E-state index is -0.805. The summed E-state index contributed by atoms with van der Waals surface area (Å²) in [7, 11) is 1.68. The molecule has 0 saturated carbocycles. The molecule has 0 aliphatic carbocycles. The van der Waals surface area contributed by atoms with Gasteiger partial charge in [-0.2, -0.15) is 0 Å². The maximum absolute atomic E-state index is 11.0. The smallest absolute Gasteiger partial charge is 0.321 e. The first-order valence-corrected chi connectivity index (χ1v) is 5.54. The maximum atomic E-state index is 11.0. The minimum Gasteiger partial charge on any atom is -0.480 e. The van der Waals surface area contributed by atoms with Gasteiger partial charge < -0.3 is 10.4 Å². The summed E-state index contributed by atoms with van der Waals surface area (Å²) in [5.74, 6) is -0.386. The molecule has 0 aliphatic rings. The highest BCUT2D eigenvalue weighted by atomic mass is 16.4. The van der Waals surface area contributed by atoms with Crippen molar-refractivity contribution in [1.82, 2.24) is 5.32 Å². The van der Waals surface area contributed by atoms with Crippen LogP contribution in [0.4, 0.5) is 0 Å². The third-order valence-corrected chi connectivity index (χ3v) is 2.75. The molecule has 0 saturated heterocycles. The maximum Gasteiger partial charge on any atom is 0.321 e. The van der Waals surface area contributed by atoms with E-state index in [2.05, 4.69) is 25.2 Å². The van der Waals surface area contributed by atoms with E-state index < -0.39 is 12.0 Å².